The fourth-order valence-corrected chi connectivity index (χ4v) is 4.92. The van der Waals surface area contributed by atoms with E-state index in [0.29, 0.717) is 44.2 Å². The van der Waals surface area contributed by atoms with Crippen LogP contribution in [0.3, 0.4) is 0 Å². The molecule has 2 rings (SSSR count). The molecule has 0 spiro atoms. The Labute approximate surface area is 298 Å². The first-order valence-electron chi connectivity index (χ1n) is 16.3. The number of hydrogen-bond acceptors (Lipinski definition) is 12. The van der Waals surface area contributed by atoms with Gasteiger partial charge in [-0.15, -0.1) is 0 Å². The second-order valence-electron chi connectivity index (χ2n) is 12.4. The molecule has 0 saturated heterocycles. The Hall–Kier alpha value is -3.76. The van der Waals surface area contributed by atoms with Crippen LogP contribution in [-0.2, 0) is 49.5 Å². The van der Waals surface area contributed by atoms with Crippen molar-refractivity contribution in [2.45, 2.75) is 83.6 Å². The number of esters is 2. The van der Waals surface area contributed by atoms with E-state index in [2.05, 4.69) is 4.18 Å². The molecule has 0 fully saturated rings. The monoisotopic (exact) mass is 752 g/mol. The summed E-state index contributed by atoms with van der Waals surface area (Å²) in [5.41, 5.74) is -5.28. The molecular weight excluding hydrogens is 701 g/mol. The molecule has 2 aromatic carbocycles. The molecule has 290 valence electrons. The van der Waals surface area contributed by atoms with Gasteiger partial charge in [-0.1, -0.05) is 39.8 Å². The van der Waals surface area contributed by atoms with Crippen molar-refractivity contribution in [3.63, 3.8) is 0 Å². The number of benzene rings is 2. The molecule has 2 aromatic rings. The van der Waals surface area contributed by atoms with E-state index in [-0.39, 0.29) is 43.5 Å². The molecule has 0 aliphatic heterocycles. The molecule has 0 radical (unpaired) electrons. The van der Waals surface area contributed by atoms with E-state index in [1.807, 2.05) is 13.8 Å². The number of alkyl halides is 3. The van der Waals surface area contributed by atoms with Crippen LogP contribution in [0.25, 0.3) is 0 Å². The summed E-state index contributed by atoms with van der Waals surface area (Å²) in [5.74, 6) is -0.958. The number of aromatic hydroxyl groups is 1. The lowest BCUT2D eigenvalue weighted by molar-refractivity contribution is -0.145. The molecule has 0 amide bonds. The minimum absolute atomic E-state index is 0.00497. The quantitative estimate of drug-likeness (QED) is 0.0671. The second-order valence-corrected chi connectivity index (χ2v) is 14.0. The Morgan fingerprint density at radius 3 is 1.55 bits per heavy atom. The minimum Gasteiger partial charge on any atom is -0.504 e. The molecule has 0 bridgehead atoms. The number of methoxy groups -OCH3 is 2. The van der Waals surface area contributed by atoms with Crippen molar-refractivity contribution >= 4 is 22.1 Å². The lowest BCUT2D eigenvalue weighted by atomic mass is 9.81. The average Bonchev–Trinajstić information content (AvgIpc) is 3.02. The van der Waals surface area contributed by atoms with Gasteiger partial charge in [-0.2, -0.15) is 21.6 Å². The van der Waals surface area contributed by atoms with E-state index in [4.69, 9.17) is 28.4 Å². The van der Waals surface area contributed by atoms with Crippen LogP contribution in [0, 0.1) is 0 Å². The highest BCUT2D eigenvalue weighted by molar-refractivity contribution is 7.88. The van der Waals surface area contributed by atoms with Crippen LogP contribution < -0.4 is 13.7 Å². The Morgan fingerprint density at radius 2 is 1.12 bits per heavy atom. The molecule has 12 nitrogen and oxygen atoms in total. The highest BCUT2D eigenvalue weighted by atomic mass is 32.2. The van der Waals surface area contributed by atoms with Gasteiger partial charge in [0, 0.05) is 51.1 Å². The second kappa shape index (κ2) is 20.9. The summed E-state index contributed by atoms with van der Waals surface area (Å²) >= 11 is 0. The molecule has 0 aromatic heterocycles. The summed E-state index contributed by atoms with van der Waals surface area (Å²) in [6, 6.07) is 8.97. The van der Waals surface area contributed by atoms with Crippen molar-refractivity contribution in [1.29, 1.82) is 0 Å². The van der Waals surface area contributed by atoms with E-state index in [1.54, 1.807) is 53.0 Å². The first-order valence-corrected chi connectivity index (χ1v) is 17.7. The van der Waals surface area contributed by atoms with Crippen LogP contribution in [-0.4, -0.2) is 84.8 Å². The summed E-state index contributed by atoms with van der Waals surface area (Å²) in [5, 5.41) is 9.88. The normalized spacial score (nSPS) is 12.0. The van der Waals surface area contributed by atoms with Crippen molar-refractivity contribution < 1.29 is 68.9 Å². The molecule has 0 aliphatic carbocycles. The van der Waals surface area contributed by atoms with Gasteiger partial charge in [0.15, 0.2) is 23.0 Å². The van der Waals surface area contributed by atoms with Gasteiger partial charge in [-0.25, -0.2) is 0 Å². The standard InChI is InChI=1S/C18H25F3O7S.C17H26O5/c1-5-26-16(22)12-17(2,3)13-7-8-14(28-29(23,24)18(19,20)21)15(11-13)27-10-6-9-25-4;1-5-21-16(19)12-17(2,3)13-7-8-14(18)15(11-13)22-10-6-9-20-4/h7-8,11H,5-6,9-10,12H2,1-4H3;7-8,11,18H,5-6,9-10,12H2,1-4H3. The van der Waals surface area contributed by atoms with Gasteiger partial charge >= 0.3 is 27.6 Å². The maximum Gasteiger partial charge on any atom is 0.534 e. The van der Waals surface area contributed by atoms with Crippen LogP contribution in [0.15, 0.2) is 36.4 Å². The maximum absolute atomic E-state index is 12.7. The van der Waals surface area contributed by atoms with Crippen LogP contribution in [0.1, 0.15) is 78.4 Å². The molecule has 0 unspecified atom stereocenters. The van der Waals surface area contributed by atoms with Gasteiger partial charge < -0.3 is 37.7 Å². The predicted octanol–water partition coefficient (Wildman–Crippen LogP) is 6.60. The summed E-state index contributed by atoms with van der Waals surface area (Å²) in [4.78, 5) is 23.5. The highest BCUT2D eigenvalue weighted by Crippen LogP contribution is 2.38. The molecule has 0 heterocycles. The van der Waals surface area contributed by atoms with Gasteiger partial charge in [-0.3, -0.25) is 9.59 Å². The fourth-order valence-electron chi connectivity index (χ4n) is 4.45. The topological polar surface area (TPSA) is 153 Å². The van der Waals surface area contributed by atoms with Gasteiger partial charge in [0.25, 0.3) is 0 Å². The SMILES string of the molecule is CCOC(=O)CC(C)(C)c1ccc(O)c(OCCCOC)c1.CCOC(=O)CC(C)(C)c1ccc(OS(=O)(=O)C(F)(F)F)c(OCCCOC)c1. The van der Waals surface area contributed by atoms with E-state index < -0.39 is 38.2 Å². The first-order chi connectivity index (χ1) is 23.7. The van der Waals surface area contributed by atoms with E-state index >= 15 is 0 Å². The van der Waals surface area contributed by atoms with Crippen molar-refractivity contribution in [2.75, 3.05) is 53.9 Å². The highest BCUT2D eigenvalue weighted by Gasteiger charge is 2.49. The van der Waals surface area contributed by atoms with Crippen molar-refractivity contribution in [3.8, 4) is 23.0 Å². The third-order valence-corrected chi connectivity index (χ3v) is 8.20. The number of hydrogen-bond donors (Lipinski definition) is 1. The zero-order valence-electron chi connectivity index (χ0n) is 30.5. The number of carbonyl (C=O) groups is 2. The zero-order chi connectivity index (χ0) is 38.9. The molecule has 0 aliphatic rings. The van der Waals surface area contributed by atoms with Gasteiger partial charge in [0.2, 0.25) is 0 Å². The number of carbonyl (C=O) groups excluding carboxylic acids is 2. The van der Waals surface area contributed by atoms with E-state index in [9.17, 15) is 36.3 Å². The molecule has 51 heavy (non-hydrogen) atoms. The number of phenols is 1. The lowest BCUT2D eigenvalue weighted by Crippen LogP contribution is -2.28. The van der Waals surface area contributed by atoms with Crippen LogP contribution in [0.4, 0.5) is 13.2 Å². The summed E-state index contributed by atoms with van der Waals surface area (Å²) < 4.78 is 95.8. The molecule has 0 atom stereocenters. The smallest absolute Gasteiger partial charge is 0.504 e. The van der Waals surface area contributed by atoms with Crippen molar-refractivity contribution in [3.05, 3.63) is 47.5 Å². The largest absolute Gasteiger partial charge is 0.534 e. The third-order valence-electron chi connectivity index (χ3n) is 7.23. The lowest BCUT2D eigenvalue weighted by Gasteiger charge is -2.25. The molecule has 16 heteroatoms. The zero-order valence-corrected chi connectivity index (χ0v) is 31.3. The molecule has 0 saturated carbocycles. The van der Waals surface area contributed by atoms with Crippen molar-refractivity contribution in [2.24, 2.45) is 0 Å². The number of halogens is 3. The Bertz CT molecular complexity index is 1490. The van der Waals surface area contributed by atoms with E-state index in [0.717, 1.165) is 18.1 Å². The van der Waals surface area contributed by atoms with Gasteiger partial charge in [0.05, 0.1) is 39.3 Å². The Kier molecular flexibility index (Phi) is 18.6. The van der Waals surface area contributed by atoms with Gasteiger partial charge in [0.1, 0.15) is 0 Å². The fraction of sp³-hybridized carbons (Fsp3) is 0.600. The number of rotatable bonds is 20. The summed E-state index contributed by atoms with van der Waals surface area (Å²) in [6.45, 7) is 12.9. The number of phenolic OH excluding ortho intramolecular Hbond substituents is 1. The maximum atomic E-state index is 12.7. The average molecular weight is 753 g/mol. The summed E-state index contributed by atoms with van der Waals surface area (Å²) in [7, 11) is -2.75. The predicted molar refractivity (Wildman–Crippen MR) is 183 cm³/mol. The van der Waals surface area contributed by atoms with Crippen molar-refractivity contribution in [1.82, 2.24) is 0 Å². The van der Waals surface area contributed by atoms with Crippen LogP contribution in [0.5, 0.6) is 23.0 Å². The molecule has 1 N–H and O–H groups in total. The Morgan fingerprint density at radius 1 is 0.686 bits per heavy atom. The summed E-state index contributed by atoms with van der Waals surface area (Å²) in [6.07, 6.45) is 1.44. The van der Waals surface area contributed by atoms with Crippen LogP contribution >= 0.6 is 0 Å². The minimum atomic E-state index is -5.86. The third kappa shape index (κ3) is 15.6. The van der Waals surface area contributed by atoms with Gasteiger partial charge in [-0.05, 0) is 49.2 Å². The number of ether oxygens (including phenoxy) is 6. The van der Waals surface area contributed by atoms with Crippen LogP contribution in [0.2, 0.25) is 0 Å². The Balaban J connectivity index is 0.000000530. The first kappa shape index (κ1) is 45.3. The molecular formula is C35H51F3O12S. The van der Waals surface area contributed by atoms with E-state index in [1.165, 1.54) is 19.2 Å².